The van der Waals surface area contributed by atoms with E-state index in [1.54, 1.807) is 6.92 Å². The first-order valence-corrected chi connectivity index (χ1v) is 7.29. The molecule has 0 aromatic carbocycles. The van der Waals surface area contributed by atoms with E-state index < -0.39 is 0 Å². The van der Waals surface area contributed by atoms with Gasteiger partial charge in [-0.3, -0.25) is 4.79 Å². The number of carbonyl (C=O) groups is 1. The fourth-order valence-electron chi connectivity index (χ4n) is 4.88. The van der Waals surface area contributed by atoms with Crippen LogP contribution in [-0.4, -0.2) is 34.6 Å². The molecule has 2 saturated heterocycles. The van der Waals surface area contributed by atoms with E-state index in [9.17, 15) is 4.79 Å². The Bertz CT molecular complexity index is 424. The molecule has 4 rings (SSSR count). The average molecular weight is 247 g/mol. The van der Waals surface area contributed by atoms with E-state index in [0.29, 0.717) is 12.0 Å². The average Bonchev–Trinajstić information content (AvgIpc) is 3.01. The number of ether oxygens (including phenoxy) is 1. The second-order valence-electron chi connectivity index (χ2n) is 6.64. The van der Waals surface area contributed by atoms with Crippen molar-refractivity contribution in [3.8, 4) is 0 Å². The van der Waals surface area contributed by atoms with E-state index in [1.807, 2.05) is 0 Å². The molecule has 4 aliphatic rings. The number of nitrogens with zero attached hydrogens (tertiary/aromatic N) is 1. The predicted molar refractivity (Wildman–Crippen MR) is 68.1 cm³/mol. The van der Waals surface area contributed by atoms with Crippen LogP contribution in [0.2, 0.25) is 0 Å². The third-order valence-electron chi connectivity index (χ3n) is 5.69. The Morgan fingerprint density at radius 3 is 2.83 bits per heavy atom. The minimum absolute atomic E-state index is 0.135. The van der Waals surface area contributed by atoms with Crippen molar-refractivity contribution in [3.63, 3.8) is 0 Å². The molecule has 18 heavy (non-hydrogen) atoms. The molecule has 2 bridgehead atoms. The molecular formula is C15H21NO2. The Morgan fingerprint density at radius 2 is 2.17 bits per heavy atom. The van der Waals surface area contributed by atoms with Crippen molar-refractivity contribution in [1.82, 2.24) is 4.90 Å². The van der Waals surface area contributed by atoms with E-state index in [2.05, 4.69) is 17.1 Å². The molecule has 3 fully saturated rings. The van der Waals surface area contributed by atoms with E-state index in [0.717, 1.165) is 13.0 Å². The van der Waals surface area contributed by atoms with Crippen LogP contribution in [0.25, 0.3) is 0 Å². The Balaban J connectivity index is 1.72. The van der Waals surface area contributed by atoms with Gasteiger partial charge in [-0.1, -0.05) is 25.0 Å². The lowest BCUT2D eigenvalue weighted by Crippen LogP contribution is -2.62. The summed E-state index contributed by atoms with van der Waals surface area (Å²) in [4.78, 5) is 14.2. The Hall–Kier alpha value is -0.830. The molecule has 3 atom stereocenters. The van der Waals surface area contributed by atoms with Gasteiger partial charge in [-0.05, 0) is 31.6 Å². The van der Waals surface area contributed by atoms with Crippen molar-refractivity contribution in [2.75, 3.05) is 6.54 Å². The second-order valence-corrected chi connectivity index (χ2v) is 6.64. The molecule has 0 aromatic rings. The molecule has 0 unspecified atom stereocenters. The van der Waals surface area contributed by atoms with Gasteiger partial charge in [0.05, 0.1) is 12.6 Å². The van der Waals surface area contributed by atoms with E-state index in [4.69, 9.17) is 4.74 Å². The number of fused-ring (bicyclic) bond motifs is 1. The molecule has 0 N–H and O–H groups in total. The summed E-state index contributed by atoms with van der Waals surface area (Å²) >= 11 is 0. The number of likely N-dealkylation sites (tertiary alicyclic amines) is 1. The summed E-state index contributed by atoms with van der Waals surface area (Å²) in [5, 5.41) is 0. The topological polar surface area (TPSA) is 29.5 Å². The highest BCUT2D eigenvalue weighted by molar-refractivity contribution is 5.75. The summed E-state index contributed by atoms with van der Waals surface area (Å²) in [6.45, 7) is 2.52. The fourth-order valence-corrected chi connectivity index (χ4v) is 4.88. The summed E-state index contributed by atoms with van der Waals surface area (Å²) in [7, 11) is 0. The third-order valence-corrected chi connectivity index (χ3v) is 5.69. The summed E-state index contributed by atoms with van der Waals surface area (Å²) < 4.78 is 6.14. The first kappa shape index (κ1) is 11.0. The van der Waals surface area contributed by atoms with Crippen LogP contribution in [0.1, 0.15) is 45.4 Å². The summed E-state index contributed by atoms with van der Waals surface area (Å²) in [5.41, 5.74) is 0.0353. The van der Waals surface area contributed by atoms with Gasteiger partial charge in [-0.25, -0.2) is 0 Å². The number of amides is 1. The van der Waals surface area contributed by atoms with Gasteiger partial charge < -0.3 is 9.64 Å². The lowest BCUT2D eigenvalue weighted by atomic mass is 9.69. The quantitative estimate of drug-likeness (QED) is 0.615. The molecule has 0 radical (unpaired) electrons. The van der Waals surface area contributed by atoms with Crippen molar-refractivity contribution in [3.05, 3.63) is 12.2 Å². The van der Waals surface area contributed by atoms with Crippen molar-refractivity contribution in [1.29, 1.82) is 0 Å². The summed E-state index contributed by atoms with van der Waals surface area (Å²) in [6, 6.07) is 0. The zero-order valence-electron chi connectivity index (χ0n) is 11.0. The van der Waals surface area contributed by atoms with Gasteiger partial charge >= 0.3 is 0 Å². The number of rotatable bonds is 0. The van der Waals surface area contributed by atoms with Crippen LogP contribution in [0.4, 0.5) is 0 Å². The maximum absolute atomic E-state index is 12.1. The molecule has 0 aromatic heterocycles. The standard InChI is InChI=1S/C15H21NO2/c1-11(17)16-10-15-7-4-13(18-15)8-12(15)9-14(16)5-2-3-6-14/h4,7,12-13H,2-3,5-6,8-10H2,1H3/t12-,13-,15+/m0/s1. The second kappa shape index (κ2) is 3.38. The maximum Gasteiger partial charge on any atom is 0.220 e. The molecule has 3 aliphatic heterocycles. The highest BCUT2D eigenvalue weighted by atomic mass is 16.5. The minimum atomic E-state index is -0.135. The summed E-state index contributed by atoms with van der Waals surface area (Å²) in [6.07, 6.45) is 12.1. The van der Waals surface area contributed by atoms with Crippen LogP contribution < -0.4 is 0 Å². The molecule has 1 aliphatic carbocycles. The Labute approximate surface area is 108 Å². The zero-order valence-corrected chi connectivity index (χ0v) is 11.0. The predicted octanol–water partition coefficient (Wildman–Crippen LogP) is 2.27. The van der Waals surface area contributed by atoms with Gasteiger partial charge in [-0.15, -0.1) is 0 Å². The van der Waals surface area contributed by atoms with Crippen LogP contribution >= 0.6 is 0 Å². The number of carbonyl (C=O) groups excluding carboxylic acids is 1. The molecule has 3 heterocycles. The zero-order chi connectivity index (χ0) is 12.4. The molecule has 3 nitrogen and oxygen atoms in total. The number of hydrogen-bond acceptors (Lipinski definition) is 2. The molecule has 1 amide bonds. The van der Waals surface area contributed by atoms with Crippen LogP contribution in [0.15, 0.2) is 12.2 Å². The fraction of sp³-hybridized carbons (Fsp3) is 0.800. The monoisotopic (exact) mass is 247 g/mol. The first-order valence-electron chi connectivity index (χ1n) is 7.29. The SMILES string of the molecule is CC(=O)N1C[C@]23C=C[C@@H](C[C@H]2CC12CCCC2)O3. The number of hydrogen-bond donors (Lipinski definition) is 0. The van der Waals surface area contributed by atoms with Gasteiger partial charge in [0, 0.05) is 12.5 Å². The third kappa shape index (κ3) is 1.26. The van der Waals surface area contributed by atoms with Crippen molar-refractivity contribution < 1.29 is 9.53 Å². The van der Waals surface area contributed by atoms with Crippen LogP contribution in [0, 0.1) is 5.92 Å². The van der Waals surface area contributed by atoms with Crippen LogP contribution in [0.5, 0.6) is 0 Å². The molecule has 3 heteroatoms. The highest BCUT2D eigenvalue weighted by Gasteiger charge is 2.59. The van der Waals surface area contributed by atoms with E-state index in [-0.39, 0.29) is 17.0 Å². The van der Waals surface area contributed by atoms with Gasteiger partial charge in [0.1, 0.15) is 5.60 Å². The largest absolute Gasteiger partial charge is 0.361 e. The molecule has 98 valence electrons. The van der Waals surface area contributed by atoms with Crippen LogP contribution in [-0.2, 0) is 9.53 Å². The van der Waals surface area contributed by atoms with Gasteiger partial charge in [0.25, 0.3) is 0 Å². The van der Waals surface area contributed by atoms with Crippen molar-refractivity contribution in [2.24, 2.45) is 5.92 Å². The van der Waals surface area contributed by atoms with Crippen molar-refractivity contribution >= 4 is 5.91 Å². The van der Waals surface area contributed by atoms with Gasteiger partial charge in [-0.2, -0.15) is 0 Å². The lowest BCUT2D eigenvalue weighted by molar-refractivity contribution is -0.149. The van der Waals surface area contributed by atoms with Gasteiger partial charge in [0.2, 0.25) is 5.91 Å². The first-order chi connectivity index (χ1) is 8.64. The highest BCUT2D eigenvalue weighted by Crippen LogP contribution is 2.55. The normalized spacial score (nSPS) is 43.7. The lowest BCUT2D eigenvalue weighted by Gasteiger charge is -2.52. The molecule has 2 spiro atoms. The molecular weight excluding hydrogens is 226 g/mol. The minimum Gasteiger partial charge on any atom is -0.361 e. The van der Waals surface area contributed by atoms with E-state index >= 15 is 0 Å². The Morgan fingerprint density at radius 1 is 1.39 bits per heavy atom. The van der Waals surface area contributed by atoms with E-state index in [1.165, 1.54) is 32.1 Å². The number of piperidine rings is 1. The Kier molecular flexibility index (Phi) is 2.07. The maximum atomic E-state index is 12.1. The van der Waals surface area contributed by atoms with Crippen molar-refractivity contribution in [2.45, 2.75) is 62.7 Å². The van der Waals surface area contributed by atoms with Crippen LogP contribution in [0.3, 0.4) is 0 Å². The molecule has 1 saturated carbocycles. The summed E-state index contributed by atoms with van der Waals surface area (Å²) in [5.74, 6) is 0.873. The smallest absolute Gasteiger partial charge is 0.220 e. The van der Waals surface area contributed by atoms with Gasteiger partial charge in [0.15, 0.2) is 0 Å².